The molecule has 1 aliphatic carbocycles. The summed E-state index contributed by atoms with van der Waals surface area (Å²) in [4.78, 5) is 20.8. The summed E-state index contributed by atoms with van der Waals surface area (Å²) in [6, 6.07) is 0. The molecule has 0 amide bonds. The molecular weight excluding hydrogens is 116 g/mol. The Hall–Kier alpha value is -0.920. The predicted octanol–water partition coefficient (Wildman–Crippen LogP) is 0.865. The minimum absolute atomic E-state index is 0.00347. The topological polar surface area (TPSA) is 34.1 Å². The van der Waals surface area contributed by atoms with Crippen LogP contribution in [0.5, 0.6) is 0 Å². The maximum atomic E-state index is 10.7. The maximum Gasteiger partial charge on any atom is 0.165 e. The highest BCUT2D eigenvalue weighted by Gasteiger charge is 2.11. The summed E-state index contributed by atoms with van der Waals surface area (Å²) in [6.45, 7) is 0. The molecule has 0 bridgehead atoms. The highest BCUT2D eigenvalue weighted by atomic mass is 16.1. The Kier molecular flexibility index (Phi) is 1.78. The number of ketones is 1. The van der Waals surface area contributed by atoms with Crippen molar-refractivity contribution in [1.29, 1.82) is 0 Å². The van der Waals surface area contributed by atoms with Gasteiger partial charge in [0.1, 0.15) is 0 Å². The second-order valence-electron chi connectivity index (χ2n) is 2.09. The van der Waals surface area contributed by atoms with Gasteiger partial charge < -0.3 is 0 Å². The molecule has 0 aromatic rings. The van der Waals surface area contributed by atoms with Gasteiger partial charge in [0.2, 0.25) is 0 Å². The van der Waals surface area contributed by atoms with Crippen molar-refractivity contribution in [3.8, 4) is 0 Å². The van der Waals surface area contributed by atoms with E-state index in [9.17, 15) is 9.59 Å². The third-order valence-corrected chi connectivity index (χ3v) is 1.42. The zero-order chi connectivity index (χ0) is 6.69. The van der Waals surface area contributed by atoms with Crippen LogP contribution in [0.3, 0.4) is 0 Å². The van der Waals surface area contributed by atoms with Crippen LogP contribution in [0, 0.1) is 0 Å². The van der Waals surface area contributed by atoms with Crippen molar-refractivity contribution in [3.05, 3.63) is 11.6 Å². The summed E-state index contributed by atoms with van der Waals surface area (Å²) in [5, 5.41) is 0. The molecule has 48 valence electrons. The van der Waals surface area contributed by atoms with Gasteiger partial charge >= 0.3 is 0 Å². The fourth-order valence-electron chi connectivity index (χ4n) is 0.892. The smallest absolute Gasteiger partial charge is 0.165 e. The number of carbonyl (C=O) groups excluding carboxylic acids is 2. The molecule has 0 aromatic carbocycles. The SMILES string of the molecule is O=CC1=CCCCC1=O. The van der Waals surface area contributed by atoms with Crippen molar-refractivity contribution in [2.24, 2.45) is 0 Å². The molecule has 0 aromatic heterocycles. The zero-order valence-electron chi connectivity index (χ0n) is 5.09. The summed E-state index contributed by atoms with van der Waals surface area (Å²) < 4.78 is 0. The van der Waals surface area contributed by atoms with Crippen molar-refractivity contribution in [3.63, 3.8) is 0 Å². The third-order valence-electron chi connectivity index (χ3n) is 1.42. The van der Waals surface area contributed by atoms with E-state index in [0.29, 0.717) is 18.3 Å². The second-order valence-corrected chi connectivity index (χ2v) is 2.09. The number of allylic oxidation sites excluding steroid dienone is 2. The van der Waals surface area contributed by atoms with Gasteiger partial charge in [0, 0.05) is 6.42 Å². The molecule has 1 rings (SSSR count). The minimum atomic E-state index is -0.00347. The maximum absolute atomic E-state index is 10.7. The second kappa shape index (κ2) is 2.58. The molecule has 0 radical (unpaired) electrons. The standard InChI is InChI=1S/C7H8O2/c8-5-6-3-1-2-4-7(6)9/h3,5H,1-2,4H2. The summed E-state index contributed by atoms with van der Waals surface area (Å²) in [6.07, 6.45) is 4.67. The van der Waals surface area contributed by atoms with Gasteiger partial charge in [0.25, 0.3) is 0 Å². The molecule has 0 unspecified atom stereocenters. The zero-order valence-corrected chi connectivity index (χ0v) is 5.09. The lowest BCUT2D eigenvalue weighted by molar-refractivity contribution is -0.118. The van der Waals surface area contributed by atoms with Crippen LogP contribution >= 0.6 is 0 Å². The quantitative estimate of drug-likeness (QED) is 0.384. The third kappa shape index (κ3) is 1.25. The van der Waals surface area contributed by atoms with E-state index in [-0.39, 0.29) is 5.78 Å². The highest BCUT2D eigenvalue weighted by molar-refractivity contribution is 6.12. The van der Waals surface area contributed by atoms with Crippen LogP contribution < -0.4 is 0 Å². The Morgan fingerprint density at radius 2 is 2.33 bits per heavy atom. The molecule has 0 fully saturated rings. The van der Waals surface area contributed by atoms with E-state index in [4.69, 9.17) is 0 Å². The minimum Gasteiger partial charge on any atom is -0.298 e. The van der Waals surface area contributed by atoms with Gasteiger partial charge in [-0.15, -0.1) is 0 Å². The average Bonchev–Trinajstić information content (AvgIpc) is 1.89. The van der Waals surface area contributed by atoms with Gasteiger partial charge in [-0.2, -0.15) is 0 Å². The molecule has 0 aliphatic heterocycles. The summed E-state index contributed by atoms with van der Waals surface area (Å²) in [7, 11) is 0. The Bertz CT molecular complexity index is 168. The number of rotatable bonds is 1. The van der Waals surface area contributed by atoms with Crippen LogP contribution in [-0.2, 0) is 9.59 Å². The molecule has 2 heteroatoms. The number of hydrogen-bond donors (Lipinski definition) is 0. The largest absolute Gasteiger partial charge is 0.298 e. The van der Waals surface area contributed by atoms with E-state index in [1.807, 2.05) is 0 Å². The normalized spacial score (nSPS) is 19.1. The van der Waals surface area contributed by atoms with E-state index in [1.165, 1.54) is 0 Å². The lowest BCUT2D eigenvalue weighted by Gasteiger charge is -2.03. The van der Waals surface area contributed by atoms with Crippen LogP contribution in [0.1, 0.15) is 19.3 Å². The Morgan fingerprint density at radius 3 is 2.78 bits per heavy atom. The van der Waals surface area contributed by atoms with Crippen molar-refractivity contribution in [2.45, 2.75) is 19.3 Å². The first-order valence-corrected chi connectivity index (χ1v) is 3.03. The summed E-state index contributed by atoms with van der Waals surface area (Å²) in [5.41, 5.74) is 0.362. The summed E-state index contributed by atoms with van der Waals surface area (Å²) >= 11 is 0. The highest BCUT2D eigenvalue weighted by Crippen LogP contribution is 2.11. The molecular formula is C7H8O2. The van der Waals surface area contributed by atoms with Gasteiger partial charge in [-0.1, -0.05) is 6.08 Å². The average molecular weight is 124 g/mol. The fraction of sp³-hybridized carbons (Fsp3) is 0.429. The van der Waals surface area contributed by atoms with Crippen LogP contribution in [0.2, 0.25) is 0 Å². The van der Waals surface area contributed by atoms with Crippen molar-refractivity contribution < 1.29 is 9.59 Å². The van der Waals surface area contributed by atoms with Crippen LogP contribution in [0.25, 0.3) is 0 Å². The molecule has 0 spiro atoms. The first-order chi connectivity index (χ1) is 4.34. The number of carbonyl (C=O) groups is 2. The van der Waals surface area contributed by atoms with Crippen molar-refractivity contribution >= 4 is 12.1 Å². The van der Waals surface area contributed by atoms with Gasteiger partial charge in [-0.25, -0.2) is 0 Å². The number of hydrogen-bond acceptors (Lipinski definition) is 2. The number of Topliss-reactive ketones (excluding diaryl/α,β-unsaturated/α-hetero) is 1. The predicted molar refractivity (Wildman–Crippen MR) is 33.0 cm³/mol. The molecule has 0 N–H and O–H groups in total. The molecule has 0 heterocycles. The lowest BCUT2D eigenvalue weighted by Crippen LogP contribution is -2.07. The van der Waals surface area contributed by atoms with E-state index in [1.54, 1.807) is 6.08 Å². The molecule has 2 nitrogen and oxygen atoms in total. The van der Waals surface area contributed by atoms with Gasteiger partial charge in [-0.05, 0) is 12.8 Å². The first kappa shape index (κ1) is 6.20. The summed E-state index contributed by atoms with van der Waals surface area (Å²) in [5.74, 6) is -0.00347. The van der Waals surface area contributed by atoms with Crippen molar-refractivity contribution in [1.82, 2.24) is 0 Å². The van der Waals surface area contributed by atoms with Crippen LogP contribution in [0.4, 0.5) is 0 Å². The lowest BCUT2D eigenvalue weighted by atomic mass is 9.99. The molecule has 0 saturated heterocycles. The van der Waals surface area contributed by atoms with E-state index in [2.05, 4.69) is 0 Å². The molecule has 0 saturated carbocycles. The van der Waals surface area contributed by atoms with Crippen LogP contribution in [0.15, 0.2) is 11.6 Å². The molecule has 9 heavy (non-hydrogen) atoms. The van der Waals surface area contributed by atoms with E-state index < -0.39 is 0 Å². The molecule has 0 atom stereocenters. The number of aldehydes is 1. The van der Waals surface area contributed by atoms with Gasteiger partial charge in [-0.3, -0.25) is 9.59 Å². The fourth-order valence-corrected chi connectivity index (χ4v) is 0.892. The van der Waals surface area contributed by atoms with Crippen LogP contribution in [-0.4, -0.2) is 12.1 Å². The molecule has 1 aliphatic rings. The Morgan fingerprint density at radius 1 is 1.56 bits per heavy atom. The van der Waals surface area contributed by atoms with Gasteiger partial charge in [0.15, 0.2) is 12.1 Å². The Labute approximate surface area is 53.6 Å². The first-order valence-electron chi connectivity index (χ1n) is 3.03. The van der Waals surface area contributed by atoms with E-state index in [0.717, 1.165) is 12.8 Å². The van der Waals surface area contributed by atoms with Gasteiger partial charge in [0.05, 0.1) is 5.57 Å². The Balaban J connectivity index is 2.75. The van der Waals surface area contributed by atoms with E-state index >= 15 is 0 Å². The van der Waals surface area contributed by atoms with Crippen molar-refractivity contribution in [2.75, 3.05) is 0 Å². The monoisotopic (exact) mass is 124 g/mol.